The summed E-state index contributed by atoms with van der Waals surface area (Å²) in [6.45, 7) is 2.44. The SMILES string of the molecule is CCOC(=O)/C=c1\s/c(=C\c2ccccc2F)c(=O)n1Cc1cc(Cl)cc2c1OCOC2. The molecule has 1 aliphatic rings. The van der Waals surface area contributed by atoms with Crippen LogP contribution >= 0.6 is 22.9 Å². The van der Waals surface area contributed by atoms with Gasteiger partial charge < -0.3 is 14.2 Å². The van der Waals surface area contributed by atoms with Crippen LogP contribution in [0.15, 0.2) is 41.2 Å². The fourth-order valence-corrected chi connectivity index (χ4v) is 4.64. The third-order valence-corrected chi connectivity index (χ3v) is 6.01. The van der Waals surface area contributed by atoms with Crippen molar-refractivity contribution in [3.63, 3.8) is 0 Å². The van der Waals surface area contributed by atoms with E-state index in [9.17, 15) is 14.0 Å². The maximum Gasteiger partial charge on any atom is 0.333 e. The molecule has 0 saturated carbocycles. The Balaban J connectivity index is 1.87. The van der Waals surface area contributed by atoms with Crippen molar-refractivity contribution < 1.29 is 23.4 Å². The lowest BCUT2D eigenvalue weighted by Gasteiger charge is -2.21. The number of benzene rings is 2. The molecule has 0 amide bonds. The second kappa shape index (κ2) is 9.68. The minimum absolute atomic E-state index is 0.0916. The third kappa shape index (κ3) is 4.77. The van der Waals surface area contributed by atoms with Gasteiger partial charge in [0.15, 0.2) is 6.79 Å². The van der Waals surface area contributed by atoms with E-state index in [1.165, 1.54) is 22.8 Å². The van der Waals surface area contributed by atoms with E-state index in [0.717, 1.165) is 16.9 Å². The van der Waals surface area contributed by atoms with Gasteiger partial charge in [-0.3, -0.25) is 9.36 Å². The number of thiazole rings is 1. The first kappa shape index (κ1) is 22.3. The van der Waals surface area contributed by atoms with Crippen LogP contribution in [0.5, 0.6) is 5.75 Å². The number of nitrogens with zero attached hydrogens (tertiary/aromatic N) is 1. The number of hydrogen-bond acceptors (Lipinski definition) is 6. The van der Waals surface area contributed by atoms with Gasteiger partial charge >= 0.3 is 5.97 Å². The van der Waals surface area contributed by atoms with Gasteiger partial charge in [-0.15, -0.1) is 11.3 Å². The lowest BCUT2D eigenvalue weighted by molar-refractivity contribution is -0.135. The molecule has 0 N–H and O–H groups in total. The highest BCUT2D eigenvalue weighted by molar-refractivity contribution is 7.07. The first-order valence-corrected chi connectivity index (χ1v) is 11.0. The van der Waals surface area contributed by atoms with Gasteiger partial charge in [0, 0.05) is 21.7 Å². The number of halogens is 2. The Morgan fingerprint density at radius 2 is 2.16 bits per heavy atom. The first-order valence-electron chi connectivity index (χ1n) is 9.82. The van der Waals surface area contributed by atoms with Crippen molar-refractivity contribution in [1.82, 2.24) is 4.57 Å². The summed E-state index contributed by atoms with van der Waals surface area (Å²) in [5, 5.41) is 0.477. The van der Waals surface area contributed by atoms with E-state index in [1.54, 1.807) is 37.3 Å². The maximum absolute atomic E-state index is 14.1. The molecule has 9 heteroatoms. The van der Waals surface area contributed by atoms with E-state index in [1.807, 2.05) is 0 Å². The molecule has 166 valence electrons. The van der Waals surface area contributed by atoms with Crippen molar-refractivity contribution in [2.45, 2.75) is 20.1 Å². The fourth-order valence-electron chi connectivity index (χ4n) is 3.36. The summed E-state index contributed by atoms with van der Waals surface area (Å²) >= 11 is 7.34. The summed E-state index contributed by atoms with van der Waals surface area (Å²) < 4.78 is 32.2. The molecule has 2 heterocycles. The summed E-state index contributed by atoms with van der Waals surface area (Å²) in [5.74, 6) is -0.418. The summed E-state index contributed by atoms with van der Waals surface area (Å²) in [4.78, 5) is 25.4. The highest BCUT2D eigenvalue weighted by Crippen LogP contribution is 2.31. The smallest absolute Gasteiger partial charge is 0.333 e. The van der Waals surface area contributed by atoms with Crippen LogP contribution < -0.4 is 19.5 Å². The Morgan fingerprint density at radius 1 is 1.34 bits per heavy atom. The van der Waals surface area contributed by atoms with Gasteiger partial charge in [-0.25, -0.2) is 9.18 Å². The van der Waals surface area contributed by atoms with E-state index < -0.39 is 11.8 Å². The Morgan fingerprint density at radius 3 is 2.94 bits per heavy atom. The first-order chi connectivity index (χ1) is 15.5. The summed E-state index contributed by atoms with van der Waals surface area (Å²) in [7, 11) is 0. The van der Waals surface area contributed by atoms with Crippen LogP contribution in [-0.2, 0) is 27.4 Å². The van der Waals surface area contributed by atoms with Gasteiger partial charge in [-0.05, 0) is 31.2 Å². The Kier molecular flexibility index (Phi) is 6.74. The molecule has 2 aromatic carbocycles. The predicted octanol–water partition coefficient (Wildman–Crippen LogP) is 2.79. The second-order valence-corrected chi connectivity index (χ2v) is 8.42. The zero-order chi connectivity index (χ0) is 22.7. The van der Waals surface area contributed by atoms with E-state index in [4.69, 9.17) is 25.8 Å². The van der Waals surface area contributed by atoms with Crippen LogP contribution in [0, 0.1) is 5.82 Å². The van der Waals surface area contributed by atoms with Gasteiger partial charge in [-0.1, -0.05) is 29.8 Å². The molecule has 32 heavy (non-hydrogen) atoms. The fraction of sp³-hybridized carbons (Fsp3) is 0.217. The van der Waals surface area contributed by atoms with Crippen molar-refractivity contribution in [3.8, 4) is 5.75 Å². The van der Waals surface area contributed by atoms with Crippen LogP contribution in [0.2, 0.25) is 5.02 Å². The van der Waals surface area contributed by atoms with Gasteiger partial charge in [0.25, 0.3) is 5.56 Å². The summed E-state index contributed by atoms with van der Waals surface area (Å²) in [5.41, 5.74) is 1.36. The minimum atomic E-state index is -0.572. The van der Waals surface area contributed by atoms with Gasteiger partial charge in [-0.2, -0.15) is 0 Å². The molecule has 0 unspecified atom stereocenters. The summed E-state index contributed by atoms with van der Waals surface area (Å²) in [6, 6.07) is 9.62. The molecule has 6 nitrogen and oxygen atoms in total. The number of carbonyl (C=O) groups is 1. The number of rotatable bonds is 5. The number of carbonyl (C=O) groups excluding carboxylic acids is 1. The largest absolute Gasteiger partial charge is 0.467 e. The van der Waals surface area contributed by atoms with Gasteiger partial charge in [0.1, 0.15) is 16.2 Å². The quantitative estimate of drug-likeness (QED) is 0.531. The zero-order valence-electron chi connectivity index (χ0n) is 17.1. The van der Waals surface area contributed by atoms with Crippen LogP contribution in [0.1, 0.15) is 23.6 Å². The van der Waals surface area contributed by atoms with Crippen molar-refractivity contribution in [3.05, 3.63) is 83.5 Å². The number of hydrogen-bond donors (Lipinski definition) is 0. The average Bonchev–Trinajstić information content (AvgIpc) is 3.04. The normalized spacial score (nSPS) is 14.2. The zero-order valence-corrected chi connectivity index (χ0v) is 18.7. The predicted molar refractivity (Wildman–Crippen MR) is 120 cm³/mol. The molecule has 0 spiro atoms. The molecule has 0 radical (unpaired) electrons. The molecule has 4 rings (SSSR count). The van der Waals surface area contributed by atoms with Crippen LogP contribution in [0.3, 0.4) is 0 Å². The standard InChI is InChI=1S/C23H19ClFNO5S/c1-2-30-21(27)10-20-26(11-15-7-17(24)8-16-12-29-13-31-22(15)16)23(28)19(32-20)9-14-5-3-4-6-18(14)25/h3-10H,2,11-13H2,1H3/b19-9-,20-10-. The van der Waals surface area contributed by atoms with E-state index >= 15 is 0 Å². The molecular formula is C23H19ClFNO5S. The molecule has 1 aliphatic heterocycles. The molecule has 3 aromatic rings. The number of ether oxygens (including phenoxy) is 3. The number of fused-ring (bicyclic) bond motifs is 1. The van der Waals surface area contributed by atoms with E-state index in [0.29, 0.717) is 27.6 Å². The Bertz CT molecular complexity index is 1350. The average molecular weight is 476 g/mol. The van der Waals surface area contributed by atoms with Crippen LogP contribution in [0.4, 0.5) is 4.39 Å². The molecule has 0 fully saturated rings. The molecule has 0 bridgehead atoms. The topological polar surface area (TPSA) is 66.8 Å². The molecule has 0 saturated heterocycles. The summed E-state index contributed by atoms with van der Waals surface area (Å²) in [6.07, 6.45) is 2.73. The van der Waals surface area contributed by atoms with Crippen molar-refractivity contribution in [2.75, 3.05) is 13.4 Å². The Hall–Kier alpha value is -2.94. The van der Waals surface area contributed by atoms with E-state index in [-0.39, 0.29) is 35.6 Å². The number of aromatic nitrogens is 1. The van der Waals surface area contributed by atoms with Crippen LogP contribution in [-0.4, -0.2) is 23.9 Å². The molecular weight excluding hydrogens is 457 g/mol. The molecule has 1 aromatic heterocycles. The lowest BCUT2D eigenvalue weighted by Crippen LogP contribution is -2.32. The minimum Gasteiger partial charge on any atom is -0.467 e. The highest BCUT2D eigenvalue weighted by Gasteiger charge is 2.18. The van der Waals surface area contributed by atoms with E-state index in [2.05, 4.69) is 0 Å². The highest BCUT2D eigenvalue weighted by atomic mass is 35.5. The monoisotopic (exact) mass is 475 g/mol. The lowest BCUT2D eigenvalue weighted by atomic mass is 10.1. The van der Waals surface area contributed by atoms with Crippen molar-refractivity contribution in [1.29, 1.82) is 0 Å². The van der Waals surface area contributed by atoms with Crippen molar-refractivity contribution in [2.24, 2.45) is 0 Å². The Labute approximate surface area is 191 Å². The van der Waals surface area contributed by atoms with Crippen LogP contribution in [0.25, 0.3) is 12.2 Å². The van der Waals surface area contributed by atoms with Crippen molar-refractivity contribution >= 4 is 41.1 Å². The maximum atomic E-state index is 14.1. The third-order valence-electron chi connectivity index (χ3n) is 4.74. The van der Waals surface area contributed by atoms with Gasteiger partial charge in [0.05, 0.1) is 30.4 Å². The molecule has 0 aliphatic carbocycles. The van der Waals surface area contributed by atoms with Gasteiger partial charge in [0.2, 0.25) is 0 Å². The number of esters is 1. The second-order valence-electron chi connectivity index (χ2n) is 6.92. The molecule has 0 atom stereocenters.